The number of hydrogen-bond acceptors (Lipinski definition) is 2. The monoisotopic (exact) mass is 99.1 g/mol. The van der Waals surface area contributed by atoms with Crippen LogP contribution in [-0.2, 0) is 0 Å². The maximum Gasteiger partial charge on any atom is 0.0853 e. The average molecular weight is 99.1 g/mol. The lowest BCUT2D eigenvalue weighted by molar-refractivity contribution is 1.27. The molecule has 0 aromatic carbocycles. The molecular weight excluding hydrogens is 90.1 g/mol. The molecule has 0 unspecified atom stereocenters. The van der Waals surface area contributed by atoms with Gasteiger partial charge < -0.3 is 11.5 Å². The molecule has 0 heterocycles. The Kier molecular flexibility index (Phi) is 2.76. The minimum Gasteiger partial charge on any atom is -0.401 e. The van der Waals surface area contributed by atoms with Gasteiger partial charge in [0.2, 0.25) is 0 Å². The topological polar surface area (TPSA) is 64.4 Å². The molecule has 7 heavy (non-hydrogen) atoms. The summed E-state index contributed by atoms with van der Waals surface area (Å²) >= 11 is 0. The standard InChI is InChI=1S/C4H9N3/c1-4(6)2-7-3-5/h2-3H,6H2,1H3,(H2,5,7)/b4-2+. The van der Waals surface area contributed by atoms with Crippen molar-refractivity contribution in [2.45, 2.75) is 6.92 Å². The summed E-state index contributed by atoms with van der Waals surface area (Å²) in [6.45, 7) is 1.74. The highest BCUT2D eigenvalue weighted by Crippen LogP contribution is 1.76. The SMILES string of the molecule is C/C(N)=C\N=C\N. The summed E-state index contributed by atoms with van der Waals surface area (Å²) in [6, 6.07) is 0. The van der Waals surface area contributed by atoms with Crippen molar-refractivity contribution in [3.05, 3.63) is 11.9 Å². The van der Waals surface area contributed by atoms with Crippen LogP contribution in [0.5, 0.6) is 0 Å². The maximum atomic E-state index is 5.17. The minimum absolute atomic E-state index is 0.654. The van der Waals surface area contributed by atoms with Crippen LogP contribution >= 0.6 is 0 Å². The van der Waals surface area contributed by atoms with Crippen LogP contribution in [0.3, 0.4) is 0 Å². The van der Waals surface area contributed by atoms with E-state index in [1.807, 2.05) is 0 Å². The molecule has 0 fully saturated rings. The van der Waals surface area contributed by atoms with Crippen LogP contribution in [0.25, 0.3) is 0 Å². The van der Waals surface area contributed by atoms with Gasteiger partial charge in [-0.1, -0.05) is 0 Å². The predicted octanol–water partition coefficient (Wildman–Crippen LogP) is -0.207. The Morgan fingerprint density at radius 1 is 1.71 bits per heavy atom. The number of aliphatic imine (C=N–C) groups is 1. The zero-order chi connectivity index (χ0) is 5.70. The molecule has 0 saturated heterocycles. The van der Waals surface area contributed by atoms with Gasteiger partial charge in [0, 0.05) is 11.9 Å². The molecule has 0 saturated carbocycles. The van der Waals surface area contributed by atoms with Crippen LogP contribution in [0.4, 0.5) is 0 Å². The molecule has 0 bridgehead atoms. The fraction of sp³-hybridized carbons (Fsp3) is 0.250. The van der Waals surface area contributed by atoms with E-state index in [1.54, 1.807) is 6.92 Å². The lowest BCUT2D eigenvalue weighted by Crippen LogP contribution is -1.90. The molecule has 0 atom stereocenters. The van der Waals surface area contributed by atoms with Gasteiger partial charge in [0.05, 0.1) is 6.34 Å². The smallest absolute Gasteiger partial charge is 0.0853 e. The Bertz CT molecular complexity index is 89.1. The van der Waals surface area contributed by atoms with E-state index in [0.29, 0.717) is 5.70 Å². The molecule has 0 aliphatic carbocycles. The zero-order valence-electron chi connectivity index (χ0n) is 4.26. The van der Waals surface area contributed by atoms with Crippen molar-refractivity contribution in [3.63, 3.8) is 0 Å². The largest absolute Gasteiger partial charge is 0.401 e. The van der Waals surface area contributed by atoms with Gasteiger partial charge in [-0.15, -0.1) is 0 Å². The highest BCUT2D eigenvalue weighted by Gasteiger charge is 1.66. The van der Waals surface area contributed by atoms with E-state index < -0.39 is 0 Å². The summed E-state index contributed by atoms with van der Waals surface area (Å²) in [5.41, 5.74) is 10.7. The average Bonchev–Trinajstić information content (AvgIpc) is 1.61. The fourth-order valence-electron chi connectivity index (χ4n) is 0.161. The van der Waals surface area contributed by atoms with Gasteiger partial charge in [0.25, 0.3) is 0 Å². The normalized spacial score (nSPS) is 13.0. The van der Waals surface area contributed by atoms with Gasteiger partial charge in [-0.3, -0.25) is 0 Å². The first-order chi connectivity index (χ1) is 3.27. The summed E-state index contributed by atoms with van der Waals surface area (Å²) in [5, 5.41) is 0. The molecule has 0 aliphatic heterocycles. The van der Waals surface area contributed by atoms with E-state index in [0.717, 1.165) is 0 Å². The van der Waals surface area contributed by atoms with Crippen LogP contribution in [0.1, 0.15) is 6.92 Å². The van der Waals surface area contributed by atoms with Crippen molar-refractivity contribution in [1.82, 2.24) is 0 Å². The van der Waals surface area contributed by atoms with Crippen molar-refractivity contribution in [2.75, 3.05) is 0 Å². The van der Waals surface area contributed by atoms with Crippen molar-refractivity contribution in [3.8, 4) is 0 Å². The predicted molar refractivity (Wildman–Crippen MR) is 30.6 cm³/mol. The molecule has 3 heteroatoms. The number of rotatable bonds is 1. The molecular formula is C4H9N3. The zero-order valence-corrected chi connectivity index (χ0v) is 4.26. The summed E-state index contributed by atoms with van der Waals surface area (Å²) in [5.74, 6) is 0. The van der Waals surface area contributed by atoms with Crippen molar-refractivity contribution in [1.29, 1.82) is 0 Å². The second kappa shape index (κ2) is 3.21. The van der Waals surface area contributed by atoms with Crippen LogP contribution in [0, 0.1) is 0 Å². The number of hydrogen-bond donors (Lipinski definition) is 2. The summed E-state index contributed by atoms with van der Waals surface area (Å²) in [6.07, 6.45) is 2.68. The van der Waals surface area contributed by atoms with Gasteiger partial charge >= 0.3 is 0 Å². The third-order valence-corrected chi connectivity index (χ3v) is 0.364. The first kappa shape index (κ1) is 6.01. The molecule has 0 aromatic rings. The quantitative estimate of drug-likeness (QED) is 0.353. The maximum absolute atomic E-state index is 5.17. The minimum atomic E-state index is 0.654. The Hall–Kier alpha value is -0.990. The molecule has 0 spiro atoms. The van der Waals surface area contributed by atoms with Crippen LogP contribution < -0.4 is 11.5 Å². The van der Waals surface area contributed by atoms with Gasteiger partial charge in [0.15, 0.2) is 0 Å². The molecule has 0 amide bonds. The van der Waals surface area contributed by atoms with E-state index in [4.69, 9.17) is 11.5 Å². The second-order valence-corrected chi connectivity index (χ2v) is 1.17. The van der Waals surface area contributed by atoms with Crippen LogP contribution in [0.15, 0.2) is 16.9 Å². The van der Waals surface area contributed by atoms with E-state index in [2.05, 4.69) is 4.99 Å². The van der Waals surface area contributed by atoms with Gasteiger partial charge in [-0.25, -0.2) is 4.99 Å². The fourth-order valence-corrected chi connectivity index (χ4v) is 0.161. The van der Waals surface area contributed by atoms with Crippen molar-refractivity contribution in [2.24, 2.45) is 16.5 Å². The molecule has 0 aromatic heterocycles. The summed E-state index contributed by atoms with van der Waals surface area (Å²) < 4.78 is 0. The highest BCUT2D eigenvalue weighted by atomic mass is 14.8. The Morgan fingerprint density at radius 2 is 2.29 bits per heavy atom. The number of nitrogens with two attached hydrogens (primary N) is 2. The van der Waals surface area contributed by atoms with Gasteiger partial charge in [0.1, 0.15) is 0 Å². The third kappa shape index (κ3) is 5.01. The second-order valence-electron chi connectivity index (χ2n) is 1.17. The Balaban J connectivity index is 3.46. The van der Waals surface area contributed by atoms with Crippen molar-refractivity contribution < 1.29 is 0 Å². The lowest BCUT2D eigenvalue weighted by Gasteiger charge is -1.79. The van der Waals surface area contributed by atoms with E-state index in [-0.39, 0.29) is 0 Å². The van der Waals surface area contributed by atoms with Crippen LogP contribution in [-0.4, -0.2) is 6.34 Å². The van der Waals surface area contributed by atoms with E-state index >= 15 is 0 Å². The summed E-state index contributed by atoms with van der Waals surface area (Å²) in [7, 11) is 0. The molecule has 3 nitrogen and oxygen atoms in total. The Morgan fingerprint density at radius 3 is 2.43 bits per heavy atom. The lowest BCUT2D eigenvalue weighted by atomic mass is 10.6. The number of allylic oxidation sites excluding steroid dienone is 1. The number of nitrogens with zero attached hydrogens (tertiary/aromatic N) is 1. The van der Waals surface area contributed by atoms with E-state index in [1.165, 1.54) is 12.5 Å². The van der Waals surface area contributed by atoms with Gasteiger partial charge in [-0.2, -0.15) is 0 Å². The first-order valence-electron chi connectivity index (χ1n) is 1.93. The molecule has 4 N–H and O–H groups in total. The van der Waals surface area contributed by atoms with Gasteiger partial charge in [-0.05, 0) is 6.92 Å². The molecule has 0 aliphatic rings. The molecule has 0 rings (SSSR count). The first-order valence-corrected chi connectivity index (χ1v) is 1.93. The highest BCUT2D eigenvalue weighted by molar-refractivity contribution is 5.52. The Labute approximate surface area is 42.7 Å². The van der Waals surface area contributed by atoms with Crippen molar-refractivity contribution >= 4 is 6.34 Å². The van der Waals surface area contributed by atoms with E-state index in [9.17, 15) is 0 Å². The molecule has 40 valence electrons. The summed E-state index contributed by atoms with van der Waals surface area (Å²) in [4.78, 5) is 3.54. The third-order valence-electron chi connectivity index (χ3n) is 0.364. The molecule has 0 radical (unpaired) electrons. The van der Waals surface area contributed by atoms with Crippen LogP contribution in [0.2, 0.25) is 0 Å².